The zero-order valence-electron chi connectivity index (χ0n) is 11.8. The van der Waals surface area contributed by atoms with Gasteiger partial charge in [0, 0.05) is 39.5 Å². The van der Waals surface area contributed by atoms with Crippen LogP contribution in [-0.2, 0) is 29.3 Å². The lowest BCUT2D eigenvalue weighted by Crippen LogP contribution is -2.44. The summed E-state index contributed by atoms with van der Waals surface area (Å²) in [5.74, 6) is -0.496. The van der Waals surface area contributed by atoms with Crippen molar-refractivity contribution in [2.75, 3.05) is 20.8 Å². The third-order valence-corrected chi connectivity index (χ3v) is 2.62. The highest BCUT2D eigenvalue weighted by molar-refractivity contribution is 5.85. The summed E-state index contributed by atoms with van der Waals surface area (Å²) < 4.78 is 44.1. The van der Waals surface area contributed by atoms with Crippen molar-refractivity contribution in [3.05, 3.63) is 17.5 Å². The molecule has 10 heteroatoms. The Morgan fingerprint density at radius 3 is 2.62 bits per heavy atom. The fraction of sp³-hybridized carbons (Fsp3) is 0.636. The van der Waals surface area contributed by atoms with E-state index < -0.39 is 23.8 Å². The number of carbonyl (C=O) groups is 1. The first-order chi connectivity index (χ1) is 9.16. The first kappa shape index (κ1) is 19.7. The quantitative estimate of drug-likeness (QED) is 0.866. The van der Waals surface area contributed by atoms with E-state index in [0.29, 0.717) is 0 Å². The molecule has 0 saturated carbocycles. The van der Waals surface area contributed by atoms with Crippen molar-refractivity contribution in [2.45, 2.75) is 18.8 Å². The summed E-state index contributed by atoms with van der Waals surface area (Å²) in [5, 5.41) is 3.37. The molecule has 1 heterocycles. The summed E-state index contributed by atoms with van der Waals surface area (Å²) >= 11 is 0. The Morgan fingerprint density at radius 2 is 2.14 bits per heavy atom. The van der Waals surface area contributed by atoms with E-state index in [4.69, 9.17) is 10.5 Å². The van der Waals surface area contributed by atoms with Crippen LogP contribution in [-0.4, -0.2) is 47.4 Å². The number of aryl methyl sites for hydroxylation is 1. The normalized spacial score (nSPS) is 12.7. The van der Waals surface area contributed by atoms with Crippen LogP contribution in [0.1, 0.15) is 11.3 Å². The van der Waals surface area contributed by atoms with Crippen molar-refractivity contribution in [3.63, 3.8) is 0 Å². The van der Waals surface area contributed by atoms with Crippen molar-refractivity contribution in [1.29, 1.82) is 0 Å². The number of aromatic nitrogens is 2. The molecule has 0 aliphatic heterocycles. The Balaban J connectivity index is 0.00000400. The van der Waals surface area contributed by atoms with Crippen molar-refractivity contribution in [1.82, 2.24) is 14.7 Å². The fourth-order valence-corrected chi connectivity index (χ4v) is 1.76. The molecule has 1 atom stereocenters. The summed E-state index contributed by atoms with van der Waals surface area (Å²) in [7, 11) is 4.15. The lowest BCUT2D eigenvalue weighted by Gasteiger charge is -2.21. The Labute approximate surface area is 126 Å². The largest absolute Gasteiger partial charge is 0.435 e. The van der Waals surface area contributed by atoms with Gasteiger partial charge in [-0.1, -0.05) is 0 Å². The number of carbonyl (C=O) groups excluding carboxylic acids is 1. The molecule has 1 amide bonds. The Bertz CT molecular complexity index is 479. The van der Waals surface area contributed by atoms with Gasteiger partial charge in [0.05, 0.1) is 6.61 Å². The molecule has 0 saturated heterocycles. The highest BCUT2D eigenvalue weighted by Crippen LogP contribution is 2.31. The smallest absolute Gasteiger partial charge is 0.383 e. The molecular formula is C11H18ClF3N4O2. The maximum Gasteiger partial charge on any atom is 0.435 e. The van der Waals surface area contributed by atoms with Crippen molar-refractivity contribution in [2.24, 2.45) is 12.8 Å². The number of hydrogen-bond donors (Lipinski definition) is 1. The highest BCUT2D eigenvalue weighted by Gasteiger charge is 2.37. The first-order valence-electron chi connectivity index (χ1n) is 5.76. The van der Waals surface area contributed by atoms with Crippen LogP contribution in [0.3, 0.4) is 0 Å². The van der Waals surface area contributed by atoms with E-state index in [1.54, 1.807) is 0 Å². The molecule has 6 nitrogen and oxygen atoms in total. The molecule has 0 radical (unpaired) electrons. The lowest BCUT2D eigenvalue weighted by molar-refractivity contribution is -0.143. The van der Waals surface area contributed by atoms with Gasteiger partial charge in [0.1, 0.15) is 6.04 Å². The van der Waals surface area contributed by atoms with Crippen molar-refractivity contribution < 1.29 is 22.7 Å². The second-order valence-corrected chi connectivity index (χ2v) is 4.43. The molecule has 21 heavy (non-hydrogen) atoms. The maximum atomic E-state index is 12.8. The van der Waals surface area contributed by atoms with E-state index in [-0.39, 0.29) is 31.1 Å². The Morgan fingerprint density at radius 1 is 1.57 bits per heavy atom. The van der Waals surface area contributed by atoms with Crippen LogP contribution < -0.4 is 5.73 Å². The number of halogens is 4. The van der Waals surface area contributed by atoms with Crippen molar-refractivity contribution in [3.8, 4) is 0 Å². The van der Waals surface area contributed by atoms with Crippen LogP contribution in [0.4, 0.5) is 13.2 Å². The SMILES string of the molecule is COCC(N)C(=O)N(C)Cc1cn(C)nc1C(F)(F)F.Cl. The van der Waals surface area contributed by atoms with Gasteiger partial charge >= 0.3 is 6.18 Å². The van der Waals surface area contributed by atoms with E-state index in [1.165, 1.54) is 27.4 Å². The van der Waals surface area contributed by atoms with Gasteiger partial charge in [0.2, 0.25) is 5.91 Å². The van der Waals surface area contributed by atoms with Gasteiger partial charge in [-0.25, -0.2) is 0 Å². The molecule has 122 valence electrons. The molecule has 0 fully saturated rings. The summed E-state index contributed by atoms with van der Waals surface area (Å²) in [6, 6.07) is -0.906. The van der Waals surface area contributed by atoms with Crippen LogP contribution >= 0.6 is 12.4 Å². The monoisotopic (exact) mass is 330 g/mol. The van der Waals surface area contributed by atoms with E-state index >= 15 is 0 Å². The van der Waals surface area contributed by atoms with Gasteiger partial charge in [0.15, 0.2) is 5.69 Å². The standard InChI is InChI=1S/C11H17F3N4O2.ClH/c1-17(10(19)8(15)6-20-3)4-7-5-18(2)16-9(7)11(12,13)14;/h5,8H,4,6,15H2,1-3H3;1H. The minimum atomic E-state index is -4.56. The number of alkyl halides is 3. The second-order valence-electron chi connectivity index (χ2n) is 4.43. The number of ether oxygens (including phenoxy) is 1. The Hall–Kier alpha value is -1.32. The number of rotatable bonds is 5. The number of hydrogen-bond acceptors (Lipinski definition) is 4. The number of likely N-dealkylation sites (N-methyl/N-ethyl adjacent to an activating group) is 1. The van der Waals surface area contributed by atoms with Gasteiger partial charge in [-0.15, -0.1) is 12.4 Å². The molecule has 0 bridgehead atoms. The van der Waals surface area contributed by atoms with Gasteiger partial charge < -0.3 is 15.4 Å². The maximum absolute atomic E-state index is 12.8. The molecule has 1 aromatic heterocycles. The van der Waals surface area contributed by atoms with Gasteiger partial charge in [-0.3, -0.25) is 9.48 Å². The molecular weight excluding hydrogens is 313 g/mol. The van der Waals surface area contributed by atoms with E-state index in [2.05, 4.69) is 5.10 Å². The number of methoxy groups -OCH3 is 1. The summed E-state index contributed by atoms with van der Waals surface area (Å²) in [6.07, 6.45) is -3.33. The number of amides is 1. The zero-order valence-corrected chi connectivity index (χ0v) is 12.7. The second kappa shape index (κ2) is 7.62. The average Bonchev–Trinajstić information content (AvgIpc) is 2.69. The predicted octanol–water partition coefficient (Wildman–Crippen LogP) is 0.793. The van der Waals surface area contributed by atoms with Gasteiger partial charge in [0.25, 0.3) is 0 Å². The van der Waals surface area contributed by atoms with E-state index in [9.17, 15) is 18.0 Å². The third-order valence-electron chi connectivity index (χ3n) is 2.62. The molecule has 0 aliphatic carbocycles. The minimum absolute atomic E-state index is 0. The fourth-order valence-electron chi connectivity index (χ4n) is 1.76. The van der Waals surface area contributed by atoms with Crippen LogP contribution in [0.2, 0.25) is 0 Å². The van der Waals surface area contributed by atoms with E-state index in [1.807, 2.05) is 0 Å². The van der Waals surface area contributed by atoms with E-state index in [0.717, 1.165) is 9.58 Å². The van der Waals surface area contributed by atoms with Crippen LogP contribution in [0.25, 0.3) is 0 Å². The third kappa shape index (κ3) is 5.18. The molecule has 1 aromatic rings. The molecule has 0 aromatic carbocycles. The molecule has 0 aliphatic rings. The van der Waals surface area contributed by atoms with Gasteiger partial charge in [-0.05, 0) is 0 Å². The lowest BCUT2D eigenvalue weighted by atomic mass is 10.2. The number of nitrogens with two attached hydrogens (primary N) is 1. The van der Waals surface area contributed by atoms with Crippen molar-refractivity contribution >= 4 is 18.3 Å². The molecule has 1 rings (SSSR count). The summed E-state index contributed by atoms with van der Waals surface area (Å²) in [4.78, 5) is 12.9. The van der Waals surface area contributed by atoms with Crippen LogP contribution in [0.15, 0.2) is 6.20 Å². The van der Waals surface area contributed by atoms with Gasteiger partial charge in [-0.2, -0.15) is 18.3 Å². The van der Waals surface area contributed by atoms with Crippen LogP contribution in [0, 0.1) is 0 Å². The predicted molar refractivity (Wildman–Crippen MR) is 71.8 cm³/mol. The highest BCUT2D eigenvalue weighted by atomic mass is 35.5. The number of nitrogens with zero attached hydrogens (tertiary/aromatic N) is 3. The zero-order chi connectivity index (χ0) is 15.5. The molecule has 1 unspecified atom stereocenters. The van der Waals surface area contributed by atoms with Crippen LogP contribution in [0.5, 0.6) is 0 Å². The topological polar surface area (TPSA) is 73.4 Å². The first-order valence-corrected chi connectivity index (χ1v) is 5.76. The molecule has 2 N–H and O–H groups in total. The Kier molecular flexibility index (Phi) is 7.14. The summed E-state index contributed by atoms with van der Waals surface area (Å²) in [6.45, 7) is -0.221. The average molecular weight is 331 g/mol. The summed E-state index contributed by atoms with van der Waals surface area (Å²) in [5.41, 5.74) is 4.47. The molecule has 0 spiro atoms. The minimum Gasteiger partial charge on any atom is -0.383 e.